The number of hydrogen-bond donors (Lipinski definition) is 2. The molecule has 1 heterocycles. The predicted molar refractivity (Wildman–Crippen MR) is 115 cm³/mol. The van der Waals surface area contributed by atoms with Crippen LogP contribution >= 0.6 is 35.6 Å². The molecule has 1 aromatic carbocycles. The van der Waals surface area contributed by atoms with Crippen LogP contribution < -0.4 is 10.6 Å². The summed E-state index contributed by atoms with van der Waals surface area (Å²) in [5, 5.41) is 11.4. The second-order valence-corrected chi connectivity index (χ2v) is 6.98. The Morgan fingerprint density at radius 1 is 1.23 bits per heavy atom. The minimum absolute atomic E-state index is 0. The third-order valence-corrected chi connectivity index (χ3v) is 4.81. The van der Waals surface area contributed by atoms with Crippen molar-refractivity contribution >= 4 is 41.5 Å². The van der Waals surface area contributed by atoms with Gasteiger partial charge in [-0.3, -0.25) is 4.99 Å². The highest BCUT2D eigenvalue weighted by Gasteiger charge is 2.19. The SMILES string of the molecule is CN=C(NCc1nc(-c2ccc(Cl)cc2)no1)NC1CCC(C)CC1.I. The Kier molecular flexibility index (Phi) is 8.15. The molecule has 0 saturated heterocycles. The average Bonchev–Trinajstić information content (AvgIpc) is 3.10. The van der Waals surface area contributed by atoms with Crippen molar-refractivity contribution in [3.05, 3.63) is 35.2 Å². The molecule has 0 amide bonds. The van der Waals surface area contributed by atoms with E-state index in [0.29, 0.717) is 29.3 Å². The van der Waals surface area contributed by atoms with E-state index in [1.54, 1.807) is 7.05 Å². The fourth-order valence-electron chi connectivity index (χ4n) is 2.99. The number of rotatable bonds is 4. The summed E-state index contributed by atoms with van der Waals surface area (Å²) in [4.78, 5) is 8.69. The Morgan fingerprint density at radius 3 is 2.58 bits per heavy atom. The molecule has 0 radical (unpaired) electrons. The molecule has 2 N–H and O–H groups in total. The zero-order valence-electron chi connectivity index (χ0n) is 15.0. The Balaban J connectivity index is 0.00000243. The lowest BCUT2D eigenvalue weighted by atomic mass is 9.87. The van der Waals surface area contributed by atoms with Gasteiger partial charge in [0.15, 0.2) is 5.96 Å². The molecule has 1 saturated carbocycles. The van der Waals surface area contributed by atoms with Gasteiger partial charge >= 0.3 is 0 Å². The quantitative estimate of drug-likeness (QED) is 0.381. The second-order valence-electron chi connectivity index (χ2n) is 6.55. The van der Waals surface area contributed by atoms with E-state index in [0.717, 1.165) is 17.4 Å². The van der Waals surface area contributed by atoms with Crippen LogP contribution in [0.3, 0.4) is 0 Å². The lowest BCUT2D eigenvalue weighted by Gasteiger charge is -2.28. The zero-order valence-corrected chi connectivity index (χ0v) is 18.1. The Labute approximate surface area is 176 Å². The predicted octanol–water partition coefficient (Wildman–Crippen LogP) is 4.25. The highest BCUT2D eigenvalue weighted by Crippen LogP contribution is 2.23. The van der Waals surface area contributed by atoms with Crippen molar-refractivity contribution < 1.29 is 4.52 Å². The second kappa shape index (κ2) is 10.1. The first kappa shape index (κ1) is 21.0. The molecule has 1 aliphatic carbocycles. The monoisotopic (exact) mass is 489 g/mol. The van der Waals surface area contributed by atoms with E-state index in [4.69, 9.17) is 16.1 Å². The molecule has 0 atom stereocenters. The van der Waals surface area contributed by atoms with Crippen molar-refractivity contribution in [2.45, 2.75) is 45.2 Å². The van der Waals surface area contributed by atoms with Crippen LogP contribution in [0.4, 0.5) is 0 Å². The molecule has 0 aliphatic heterocycles. The Morgan fingerprint density at radius 2 is 1.92 bits per heavy atom. The maximum absolute atomic E-state index is 5.90. The van der Waals surface area contributed by atoms with Gasteiger partial charge in [-0.1, -0.05) is 23.7 Å². The van der Waals surface area contributed by atoms with Gasteiger partial charge in [-0.15, -0.1) is 24.0 Å². The van der Waals surface area contributed by atoms with E-state index < -0.39 is 0 Å². The molecule has 1 aromatic heterocycles. The van der Waals surface area contributed by atoms with Gasteiger partial charge in [-0.25, -0.2) is 0 Å². The summed E-state index contributed by atoms with van der Waals surface area (Å²) in [6.45, 7) is 2.75. The molecule has 1 aliphatic rings. The maximum atomic E-state index is 5.90. The number of aliphatic imine (C=N–C) groups is 1. The number of nitrogens with one attached hydrogen (secondary N) is 2. The van der Waals surface area contributed by atoms with Crippen LogP contribution in [0, 0.1) is 5.92 Å². The van der Waals surface area contributed by atoms with E-state index in [-0.39, 0.29) is 24.0 Å². The van der Waals surface area contributed by atoms with Crippen molar-refractivity contribution in [2.24, 2.45) is 10.9 Å². The summed E-state index contributed by atoms with van der Waals surface area (Å²) in [5.74, 6) is 2.67. The minimum Gasteiger partial charge on any atom is -0.354 e. The lowest BCUT2D eigenvalue weighted by Crippen LogP contribution is -2.44. The zero-order chi connectivity index (χ0) is 17.6. The smallest absolute Gasteiger partial charge is 0.246 e. The number of halogens is 2. The van der Waals surface area contributed by atoms with Crippen LogP contribution in [0.2, 0.25) is 5.02 Å². The number of hydrogen-bond acceptors (Lipinski definition) is 4. The van der Waals surface area contributed by atoms with Crippen LogP contribution in [0.25, 0.3) is 11.4 Å². The molecule has 3 rings (SSSR count). The van der Waals surface area contributed by atoms with E-state index in [2.05, 4.69) is 32.7 Å². The molecule has 142 valence electrons. The minimum atomic E-state index is 0. The molecular formula is C18H25ClIN5O. The summed E-state index contributed by atoms with van der Waals surface area (Å²) < 4.78 is 5.31. The van der Waals surface area contributed by atoms with Gasteiger partial charge in [0.25, 0.3) is 0 Å². The van der Waals surface area contributed by atoms with Gasteiger partial charge in [-0.05, 0) is 55.9 Å². The summed E-state index contributed by atoms with van der Waals surface area (Å²) in [6.07, 6.45) is 4.90. The van der Waals surface area contributed by atoms with E-state index in [9.17, 15) is 0 Å². The van der Waals surface area contributed by atoms with Crippen molar-refractivity contribution in [2.75, 3.05) is 7.05 Å². The van der Waals surface area contributed by atoms with Gasteiger partial charge in [0.1, 0.15) is 0 Å². The van der Waals surface area contributed by atoms with Crippen molar-refractivity contribution in [3.8, 4) is 11.4 Å². The first-order valence-electron chi connectivity index (χ1n) is 8.69. The van der Waals surface area contributed by atoms with E-state index in [1.807, 2.05) is 24.3 Å². The highest BCUT2D eigenvalue weighted by atomic mass is 127. The topological polar surface area (TPSA) is 75.3 Å². The number of nitrogens with zero attached hydrogens (tertiary/aromatic N) is 3. The fraction of sp³-hybridized carbons (Fsp3) is 0.500. The standard InChI is InChI=1S/C18H24ClN5O.HI/c1-12-3-9-15(10-4-12)22-18(20-2)21-11-16-23-17(24-25-16)13-5-7-14(19)8-6-13;/h5-8,12,15H,3-4,9-11H2,1-2H3,(H2,20,21,22);1H. The summed E-state index contributed by atoms with van der Waals surface area (Å²) in [5.41, 5.74) is 0.873. The maximum Gasteiger partial charge on any atom is 0.246 e. The third-order valence-electron chi connectivity index (χ3n) is 4.56. The van der Waals surface area contributed by atoms with Gasteiger partial charge in [0.05, 0.1) is 6.54 Å². The largest absolute Gasteiger partial charge is 0.354 e. The van der Waals surface area contributed by atoms with Crippen molar-refractivity contribution in [1.29, 1.82) is 0 Å². The summed E-state index contributed by atoms with van der Waals surface area (Å²) >= 11 is 5.90. The van der Waals surface area contributed by atoms with Gasteiger partial charge in [0, 0.05) is 23.7 Å². The van der Waals surface area contributed by atoms with Crippen LogP contribution in [0.5, 0.6) is 0 Å². The molecule has 1 fully saturated rings. The van der Waals surface area contributed by atoms with E-state index >= 15 is 0 Å². The number of guanidine groups is 1. The van der Waals surface area contributed by atoms with Crippen LogP contribution in [0.15, 0.2) is 33.8 Å². The van der Waals surface area contributed by atoms with Crippen LogP contribution in [0.1, 0.15) is 38.5 Å². The third kappa shape index (κ3) is 5.84. The molecule has 0 unspecified atom stereocenters. The Hall–Kier alpha value is -1.35. The summed E-state index contributed by atoms with van der Waals surface area (Å²) in [6, 6.07) is 7.84. The van der Waals surface area contributed by atoms with Crippen molar-refractivity contribution in [3.63, 3.8) is 0 Å². The van der Waals surface area contributed by atoms with Crippen molar-refractivity contribution in [1.82, 2.24) is 20.8 Å². The van der Waals surface area contributed by atoms with Gasteiger partial charge < -0.3 is 15.2 Å². The Bertz CT molecular complexity index is 711. The molecule has 6 nitrogen and oxygen atoms in total. The molecule has 0 spiro atoms. The number of benzene rings is 1. The number of aromatic nitrogens is 2. The fourth-order valence-corrected chi connectivity index (χ4v) is 3.12. The van der Waals surface area contributed by atoms with Gasteiger partial charge in [-0.2, -0.15) is 4.98 Å². The molecule has 2 aromatic rings. The first-order chi connectivity index (χ1) is 12.1. The van der Waals surface area contributed by atoms with Crippen LogP contribution in [-0.2, 0) is 6.54 Å². The highest BCUT2D eigenvalue weighted by molar-refractivity contribution is 14.0. The average molecular weight is 490 g/mol. The normalized spacial score (nSPS) is 20.3. The first-order valence-corrected chi connectivity index (χ1v) is 9.07. The molecule has 8 heteroatoms. The lowest BCUT2D eigenvalue weighted by molar-refractivity contribution is 0.328. The molecular weight excluding hydrogens is 465 g/mol. The molecule has 26 heavy (non-hydrogen) atoms. The van der Waals surface area contributed by atoms with E-state index in [1.165, 1.54) is 25.7 Å². The van der Waals surface area contributed by atoms with Gasteiger partial charge in [0.2, 0.25) is 11.7 Å². The molecule has 0 bridgehead atoms. The van der Waals surface area contributed by atoms with Crippen LogP contribution in [-0.4, -0.2) is 29.2 Å². The summed E-state index contributed by atoms with van der Waals surface area (Å²) in [7, 11) is 1.77.